The van der Waals surface area contributed by atoms with Crippen LogP contribution >= 0.6 is 11.6 Å². The summed E-state index contributed by atoms with van der Waals surface area (Å²) < 4.78 is 19.5. The zero-order valence-electron chi connectivity index (χ0n) is 14.0. The second-order valence-electron chi connectivity index (χ2n) is 5.74. The average Bonchev–Trinajstić information content (AvgIpc) is 2.63. The van der Waals surface area contributed by atoms with Crippen LogP contribution in [0.3, 0.4) is 0 Å². The van der Waals surface area contributed by atoms with Crippen LogP contribution in [0.5, 0.6) is 5.75 Å². The first-order chi connectivity index (χ1) is 12.5. The van der Waals surface area contributed by atoms with Crippen molar-refractivity contribution in [2.24, 2.45) is 0 Å². The van der Waals surface area contributed by atoms with Gasteiger partial charge in [-0.2, -0.15) is 0 Å². The van der Waals surface area contributed by atoms with Gasteiger partial charge in [-0.05, 0) is 30.3 Å². The highest BCUT2D eigenvalue weighted by Gasteiger charge is 2.31. The molecule has 2 N–H and O–H groups in total. The molecule has 0 saturated heterocycles. The van der Waals surface area contributed by atoms with E-state index in [1.165, 1.54) is 19.2 Å². The lowest BCUT2D eigenvalue weighted by atomic mass is 10.1. The van der Waals surface area contributed by atoms with Crippen LogP contribution in [-0.2, 0) is 9.59 Å². The molecule has 0 fully saturated rings. The molecular formula is C18H17ClFN3O3. The second kappa shape index (κ2) is 7.61. The molecule has 2 aromatic rings. The van der Waals surface area contributed by atoms with Crippen LogP contribution in [-0.4, -0.2) is 38.1 Å². The Morgan fingerprint density at radius 2 is 2.08 bits per heavy atom. The summed E-state index contributed by atoms with van der Waals surface area (Å²) in [6.45, 7) is 0.142. The third-order valence-corrected chi connectivity index (χ3v) is 4.17. The van der Waals surface area contributed by atoms with Gasteiger partial charge in [-0.15, -0.1) is 0 Å². The minimum absolute atomic E-state index is 0.0452. The lowest BCUT2D eigenvalue weighted by Gasteiger charge is -2.35. The fourth-order valence-electron chi connectivity index (χ4n) is 2.71. The molecule has 3 rings (SSSR count). The van der Waals surface area contributed by atoms with Crippen molar-refractivity contribution in [1.82, 2.24) is 5.32 Å². The van der Waals surface area contributed by atoms with E-state index >= 15 is 0 Å². The number of carbonyl (C=O) groups excluding carboxylic acids is 2. The zero-order chi connectivity index (χ0) is 18.7. The molecule has 0 aliphatic carbocycles. The minimum atomic E-state index is -0.741. The normalized spacial score (nSPS) is 15.7. The Morgan fingerprint density at radius 1 is 1.31 bits per heavy atom. The van der Waals surface area contributed by atoms with Crippen molar-refractivity contribution in [1.29, 1.82) is 0 Å². The Hall–Kier alpha value is -2.80. The van der Waals surface area contributed by atoms with E-state index < -0.39 is 17.8 Å². The smallest absolute Gasteiger partial charge is 0.262 e. The molecule has 26 heavy (non-hydrogen) atoms. The van der Waals surface area contributed by atoms with E-state index in [9.17, 15) is 14.0 Å². The maximum atomic E-state index is 13.9. The van der Waals surface area contributed by atoms with E-state index in [2.05, 4.69) is 10.6 Å². The molecule has 1 aliphatic heterocycles. The maximum Gasteiger partial charge on any atom is 0.262 e. The molecule has 0 bridgehead atoms. The number of amides is 2. The lowest BCUT2D eigenvalue weighted by molar-refractivity contribution is -0.127. The number of rotatable bonds is 4. The molecule has 2 amide bonds. The van der Waals surface area contributed by atoms with Gasteiger partial charge in [0.1, 0.15) is 11.6 Å². The van der Waals surface area contributed by atoms with E-state index in [4.69, 9.17) is 16.3 Å². The maximum absolute atomic E-state index is 13.9. The molecule has 136 valence electrons. The molecule has 0 aromatic heterocycles. The number of fused-ring (bicyclic) bond motifs is 1. The van der Waals surface area contributed by atoms with Gasteiger partial charge in [0.25, 0.3) is 5.91 Å². The van der Waals surface area contributed by atoms with Gasteiger partial charge in [0, 0.05) is 12.1 Å². The van der Waals surface area contributed by atoms with E-state index in [0.29, 0.717) is 11.4 Å². The number of halogens is 2. The summed E-state index contributed by atoms with van der Waals surface area (Å²) in [7, 11) is 1.52. The largest absolute Gasteiger partial charge is 0.477 e. The zero-order valence-corrected chi connectivity index (χ0v) is 14.7. The van der Waals surface area contributed by atoms with Crippen LogP contribution in [0.2, 0.25) is 5.02 Å². The van der Waals surface area contributed by atoms with Gasteiger partial charge < -0.3 is 20.3 Å². The number of ether oxygens (including phenoxy) is 1. The van der Waals surface area contributed by atoms with Crippen molar-refractivity contribution in [2.45, 2.75) is 6.10 Å². The highest BCUT2D eigenvalue weighted by molar-refractivity contribution is 6.30. The van der Waals surface area contributed by atoms with Crippen molar-refractivity contribution in [2.75, 3.05) is 30.4 Å². The molecule has 0 radical (unpaired) electrons. The SMILES string of the molecule is CNC(=O)[C@H]1CN(CC(=O)Nc2ccc(Cl)cc2F)c2ccccc2O1. The molecule has 0 spiro atoms. The number of anilines is 2. The first-order valence-electron chi connectivity index (χ1n) is 7.95. The predicted molar refractivity (Wildman–Crippen MR) is 97.2 cm³/mol. The van der Waals surface area contributed by atoms with Crippen molar-refractivity contribution in [3.05, 3.63) is 53.3 Å². The van der Waals surface area contributed by atoms with Crippen LogP contribution in [0.25, 0.3) is 0 Å². The quantitative estimate of drug-likeness (QED) is 0.858. The van der Waals surface area contributed by atoms with Crippen molar-refractivity contribution < 1.29 is 18.7 Å². The summed E-state index contributed by atoms with van der Waals surface area (Å²) >= 11 is 5.71. The van der Waals surface area contributed by atoms with Crippen LogP contribution < -0.4 is 20.3 Å². The molecular weight excluding hydrogens is 361 g/mol. The summed E-state index contributed by atoms with van der Waals surface area (Å²) in [5, 5.41) is 5.30. The van der Waals surface area contributed by atoms with Gasteiger partial charge in [0.15, 0.2) is 6.10 Å². The first kappa shape index (κ1) is 18.0. The summed E-state index contributed by atoms with van der Waals surface area (Å²) in [5.74, 6) is -0.804. The summed E-state index contributed by atoms with van der Waals surface area (Å²) in [6, 6.07) is 11.1. The van der Waals surface area contributed by atoms with Crippen molar-refractivity contribution in [3.63, 3.8) is 0 Å². The van der Waals surface area contributed by atoms with Gasteiger partial charge >= 0.3 is 0 Å². The highest BCUT2D eigenvalue weighted by Crippen LogP contribution is 2.33. The fraction of sp³-hybridized carbons (Fsp3) is 0.222. The van der Waals surface area contributed by atoms with Gasteiger partial charge in [-0.25, -0.2) is 4.39 Å². The van der Waals surface area contributed by atoms with Gasteiger partial charge in [0.2, 0.25) is 5.91 Å². The predicted octanol–water partition coefficient (Wildman–Crippen LogP) is 2.43. The molecule has 1 aliphatic rings. The van der Waals surface area contributed by atoms with Gasteiger partial charge in [0.05, 0.1) is 24.5 Å². The fourth-order valence-corrected chi connectivity index (χ4v) is 2.87. The number of carbonyl (C=O) groups is 2. The minimum Gasteiger partial charge on any atom is -0.477 e. The van der Waals surface area contributed by atoms with Crippen LogP contribution in [0, 0.1) is 5.82 Å². The molecule has 6 nitrogen and oxygen atoms in total. The standard InChI is InChI=1S/C18H17ClFN3O3/c1-21-18(25)16-9-23(14-4-2-3-5-15(14)26-16)10-17(24)22-13-7-6-11(19)8-12(13)20/h2-8,16H,9-10H2,1H3,(H,21,25)(H,22,24)/t16-/m1/s1. The Kier molecular flexibility index (Phi) is 5.27. The first-order valence-corrected chi connectivity index (χ1v) is 8.33. The van der Waals surface area contributed by atoms with E-state index in [1.807, 2.05) is 6.07 Å². The van der Waals surface area contributed by atoms with Crippen LogP contribution in [0.15, 0.2) is 42.5 Å². The number of hydrogen-bond acceptors (Lipinski definition) is 4. The van der Waals surface area contributed by atoms with Gasteiger partial charge in [-0.1, -0.05) is 23.7 Å². The average molecular weight is 378 g/mol. The van der Waals surface area contributed by atoms with Crippen molar-refractivity contribution >= 4 is 34.8 Å². The molecule has 1 atom stereocenters. The molecule has 1 heterocycles. The number of benzene rings is 2. The van der Waals surface area contributed by atoms with Crippen molar-refractivity contribution in [3.8, 4) is 5.75 Å². The van der Waals surface area contributed by atoms with Crippen LogP contribution in [0.4, 0.5) is 15.8 Å². The third kappa shape index (κ3) is 3.88. The Morgan fingerprint density at radius 3 is 2.81 bits per heavy atom. The monoisotopic (exact) mass is 377 g/mol. The van der Waals surface area contributed by atoms with E-state index in [1.54, 1.807) is 23.1 Å². The Bertz CT molecular complexity index is 846. The van der Waals surface area contributed by atoms with Gasteiger partial charge in [-0.3, -0.25) is 9.59 Å². The Balaban J connectivity index is 1.76. The summed E-state index contributed by atoms with van der Waals surface area (Å²) in [6.07, 6.45) is -0.741. The van der Waals surface area contributed by atoms with E-state index in [-0.39, 0.29) is 29.7 Å². The third-order valence-electron chi connectivity index (χ3n) is 3.94. The number of hydrogen-bond donors (Lipinski definition) is 2. The molecule has 2 aromatic carbocycles. The van der Waals surface area contributed by atoms with Crippen LogP contribution in [0.1, 0.15) is 0 Å². The number of nitrogens with one attached hydrogen (secondary N) is 2. The number of para-hydroxylation sites is 2. The summed E-state index contributed by atoms with van der Waals surface area (Å²) in [4.78, 5) is 26.1. The Labute approximate surface area is 154 Å². The highest BCUT2D eigenvalue weighted by atomic mass is 35.5. The number of likely N-dealkylation sites (N-methyl/N-ethyl adjacent to an activating group) is 1. The summed E-state index contributed by atoms with van der Waals surface area (Å²) in [5.41, 5.74) is 0.739. The molecule has 0 unspecified atom stereocenters. The number of nitrogens with zero attached hydrogens (tertiary/aromatic N) is 1. The molecule has 0 saturated carbocycles. The topological polar surface area (TPSA) is 70.7 Å². The second-order valence-corrected chi connectivity index (χ2v) is 6.18. The van der Waals surface area contributed by atoms with E-state index in [0.717, 1.165) is 6.07 Å². The lowest BCUT2D eigenvalue weighted by Crippen LogP contribution is -2.50. The molecule has 8 heteroatoms.